The third-order valence-electron chi connectivity index (χ3n) is 1.93. The second-order valence-electron chi connectivity index (χ2n) is 2.92. The average Bonchev–Trinajstić information content (AvgIpc) is 2.31. The van der Waals surface area contributed by atoms with Gasteiger partial charge in [0.15, 0.2) is 0 Å². The molecule has 74 valence electrons. The smallest absolute Gasteiger partial charge is 0.0991 e. The molecule has 0 radical (unpaired) electrons. The van der Waals surface area contributed by atoms with Gasteiger partial charge in [-0.2, -0.15) is 5.26 Å². The van der Waals surface area contributed by atoms with E-state index in [0.717, 1.165) is 11.3 Å². The summed E-state index contributed by atoms with van der Waals surface area (Å²) in [6, 6.07) is 9.34. The van der Waals surface area contributed by atoms with Crippen molar-refractivity contribution in [2.45, 2.75) is 6.92 Å². The van der Waals surface area contributed by atoms with Crippen LogP contribution in [0.25, 0.3) is 5.70 Å². The number of benzene rings is 1. The normalized spacial score (nSPS) is 11.3. The van der Waals surface area contributed by atoms with Crippen molar-refractivity contribution in [3.63, 3.8) is 0 Å². The molecule has 0 amide bonds. The maximum Gasteiger partial charge on any atom is 0.0991 e. The molecule has 0 saturated carbocycles. The zero-order valence-electron chi connectivity index (χ0n) is 8.64. The predicted octanol–water partition coefficient (Wildman–Crippen LogP) is 3.18. The molecular weight excluding hydrogens is 184 g/mol. The molecule has 0 heterocycles. The number of aliphatic imine (C=N–C) groups is 1. The Balaban J connectivity index is 3.04. The molecular formula is C13H12N2. The Hall–Kier alpha value is -2.14. The lowest BCUT2D eigenvalue weighted by molar-refractivity contribution is 1.46. The molecule has 0 aliphatic carbocycles. The van der Waals surface area contributed by atoms with Crippen molar-refractivity contribution < 1.29 is 0 Å². The Morgan fingerprint density at radius 2 is 2.07 bits per heavy atom. The topological polar surface area (TPSA) is 36.1 Å². The second-order valence-corrected chi connectivity index (χ2v) is 2.92. The minimum Gasteiger partial charge on any atom is -0.264 e. The standard InChI is InChI=1S/C13H12N2/c1-3-4-5-13(15-2)12-8-6-11(10-14)7-9-12/h3-9H,2H2,1H3/b4-3-,13-5-. The fourth-order valence-electron chi connectivity index (χ4n) is 1.14. The van der Waals surface area contributed by atoms with Gasteiger partial charge in [0.2, 0.25) is 0 Å². The largest absolute Gasteiger partial charge is 0.264 e. The van der Waals surface area contributed by atoms with E-state index in [9.17, 15) is 0 Å². The van der Waals surface area contributed by atoms with E-state index in [2.05, 4.69) is 17.8 Å². The van der Waals surface area contributed by atoms with Crippen molar-refractivity contribution in [1.29, 1.82) is 5.26 Å². The van der Waals surface area contributed by atoms with Crippen LogP contribution in [0.4, 0.5) is 0 Å². The first-order valence-corrected chi connectivity index (χ1v) is 4.62. The van der Waals surface area contributed by atoms with E-state index in [1.807, 2.05) is 37.3 Å². The average molecular weight is 196 g/mol. The molecule has 0 bridgehead atoms. The van der Waals surface area contributed by atoms with E-state index in [0.29, 0.717) is 5.56 Å². The molecule has 0 aliphatic rings. The van der Waals surface area contributed by atoms with Crippen LogP contribution in [-0.2, 0) is 0 Å². The first kappa shape index (κ1) is 10.9. The van der Waals surface area contributed by atoms with E-state index < -0.39 is 0 Å². The maximum absolute atomic E-state index is 8.65. The van der Waals surface area contributed by atoms with Gasteiger partial charge < -0.3 is 0 Å². The summed E-state index contributed by atoms with van der Waals surface area (Å²) in [5.41, 5.74) is 2.41. The summed E-state index contributed by atoms with van der Waals surface area (Å²) >= 11 is 0. The van der Waals surface area contributed by atoms with E-state index in [-0.39, 0.29) is 0 Å². The molecule has 1 aromatic carbocycles. The fourth-order valence-corrected chi connectivity index (χ4v) is 1.14. The Morgan fingerprint density at radius 3 is 2.53 bits per heavy atom. The van der Waals surface area contributed by atoms with E-state index in [1.54, 1.807) is 12.1 Å². The molecule has 0 spiro atoms. The Morgan fingerprint density at radius 1 is 1.40 bits per heavy atom. The zero-order valence-corrected chi connectivity index (χ0v) is 8.64. The van der Waals surface area contributed by atoms with Crippen LogP contribution in [-0.4, -0.2) is 6.72 Å². The molecule has 0 N–H and O–H groups in total. The lowest BCUT2D eigenvalue weighted by Gasteiger charge is -1.99. The van der Waals surface area contributed by atoms with Crippen molar-refractivity contribution in [3.8, 4) is 6.07 Å². The predicted molar refractivity (Wildman–Crippen MR) is 63.5 cm³/mol. The zero-order chi connectivity index (χ0) is 11.1. The molecule has 15 heavy (non-hydrogen) atoms. The van der Waals surface area contributed by atoms with Crippen molar-refractivity contribution in [2.75, 3.05) is 0 Å². The van der Waals surface area contributed by atoms with Crippen LogP contribution in [0, 0.1) is 11.3 Å². The van der Waals surface area contributed by atoms with Crippen LogP contribution in [0.1, 0.15) is 18.1 Å². The Labute approximate surface area is 89.9 Å². The molecule has 1 aromatic rings. The molecule has 2 nitrogen and oxygen atoms in total. The summed E-state index contributed by atoms with van der Waals surface area (Å²) in [4.78, 5) is 3.93. The third kappa shape index (κ3) is 2.92. The highest BCUT2D eigenvalue weighted by Crippen LogP contribution is 2.15. The molecule has 0 saturated heterocycles. The number of hydrogen-bond acceptors (Lipinski definition) is 2. The van der Waals surface area contributed by atoms with Crippen molar-refractivity contribution in [3.05, 3.63) is 53.6 Å². The molecule has 0 unspecified atom stereocenters. The summed E-state index contributed by atoms with van der Waals surface area (Å²) in [6.45, 7) is 5.46. The SMILES string of the molecule is C=N/C(=C\C=C/C)c1ccc(C#N)cc1. The van der Waals surface area contributed by atoms with E-state index in [4.69, 9.17) is 5.26 Å². The summed E-state index contributed by atoms with van der Waals surface area (Å²) in [6.07, 6.45) is 5.71. The third-order valence-corrected chi connectivity index (χ3v) is 1.93. The monoisotopic (exact) mass is 196 g/mol. The number of nitriles is 1. The maximum atomic E-state index is 8.65. The lowest BCUT2D eigenvalue weighted by atomic mass is 10.1. The lowest BCUT2D eigenvalue weighted by Crippen LogP contribution is -1.81. The minimum atomic E-state index is 0.646. The number of hydrogen-bond donors (Lipinski definition) is 0. The van der Waals surface area contributed by atoms with Crippen LogP contribution >= 0.6 is 0 Å². The first-order valence-electron chi connectivity index (χ1n) is 4.62. The molecule has 0 aliphatic heterocycles. The summed E-state index contributed by atoms with van der Waals surface area (Å²) in [5, 5.41) is 8.65. The first-order chi connectivity index (χ1) is 7.31. The van der Waals surface area contributed by atoms with Gasteiger partial charge in [-0.25, -0.2) is 0 Å². The van der Waals surface area contributed by atoms with Crippen LogP contribution in [0.2, 0.25) is 0 Å². The molecule has 1 rings (SSSR count). The number of nitrogens with zero attached hydrogens (tertiary/aromatic N) is 2. The highest BCUT2D eigenvalue weighted by Gasteiger charge is 1.97. The second kappa shape index (κ2) is 5.56. The van der Waals surface area contributed by atoms with Gasteiger partial charge in [0.05, 0.1) is 17.3 Å². The van der Waals surface area contributed by atoms with Gasteiger partial charge in [-0.05, 0) is 31.9 Å². The molecule has 2 heteroatoms. The summed E-state index contributed by atoms with van der Waals surface area (Å²) in [5.74, 6) is 0. The van der Waals surface area contributed by atoms with Crippen LogP contribution < -0.4 is 0 Å². The van der Waals surface area contributed by atoms with E-state index >= 15 is 0 Å². The molecule has 0 fully saturated rings. The van der Waals surface area contributed by atoms with Gasteiger partial charge in [0.1, 0.15) is 0 Å². The highest BCUT2D eigenvalue weighted by molar-refractivity contribution is 5.69. The van der Waals surface area contributed by atoms with Gasteiger partial charge in [-0.3, -0.25) is 4.99 Å². The highest BCUT2D eigenvalue weighted by atomic mass is 14.7. The van der Waals surface area contributed by atoms with Crippen LogP contribution in [0.5, 0.6) is 0 Å². The Kier molecular flexibility index (Phi) is 4.05. The van der Waals surface area contributed by atoms with Crippen LogP contribution in [0.15, 0.2) is 47.5 Å². The quantitative estimate of drug-likeness (QED) is 0.540. The van der Waals surface area contributed by atoms with Gasteiger partial charge in [-0.1, -0.05) is 24.3 Å². The molecule has 0 atom stereocenters. The fraction of sp³-hybridized carbons (Fsp3) is 0.0769. The number of allylic oxidation sites excluding steroid dienone is 3. The van der Waals surface area contributed by atoms with Gasteiger partial charge in [-0.15, -0.1) is 0 Å². The summed E-state index contributed by atoms with van der Waals surface area (Å²) in [7, 11) is 0. The van der Waals surface area contributed by atoms with Crippen molar-refractivity contribution in [2.24, 2.45) is 4.99 Å². The van der Waals surface area contributed by atoms with Crippen LogP contribution in [0.3, 0.4) is 0 Å². The Bertz CT molecular complexity index is 431. The minimum absolute atomic E-state index is 0.646. The number of rotatable bonds is 3. The summed E-state index contributed by atoms with van der Waals surface area (Å²) < 4.78 is 0. The van der Waals surface area contributed by atoms with Gasteiger partial charge >= 0.3 is 0 Å². The molecule has 0 aromatic heterocycles. The van der Waals surface area contributed by atoms with E-state index in [1.165, 1.54) is 0 Å². The van der Waals surface area contributed by atoms with Gasteiger partial charge in [0, 0.05) is 5.56 Å². The van der Waals surface area contributed by atoms with Gasteiger partial charge in [0.25, 0.3) is 0 Å². The van der Waals surface area contributed by atoms with Crippen molar-refractivity contribution in [1.82, 2.24) is 0 Å². The van der Waals surface area contributed by atoms with Crippen molar-refractivity contribution >= 4 is 12.4 Å².